The first kappa shape index (κ1) is 33.8. The molecular formula is C32H34Br2N4O7. The Morgan fingerprint density at radius 1 is 1.04 bits per heavy atom. The van der Waals surface area contributed by atoms with Crippen molar-refractivity contribution in [1.82, 2.24) is 16.1 Å². The monoisotopic (exact) mass is 744 g/mol. The van der Waals surface area contributed by atoms with Gasteiger partial charge in [0.05, 0.1) is 40.5 Å². The molecule has 1 heterocycles. The molecule has 4 rings (SSSR count). The topological polar surface area (TPSA) is 140 Å². The summed E-state index contributed by atoms with van der Waals surface area (Å²) in [6, 6.07) is 15.7. The lowest BCUT2D eigenvalue weighted by Crippen LogP contribution is -2.45. The number of hydrogen-bond acceptors (Lipinski definition) is 9. The molecule has 11 nitrogen and oxygen atoms in total. The number of aliphatic hydroxyl groups excluding tert-OH is 1. The van der Waals surface area contributed by atoms with Crippen molar-refractivity contribution in [3.05, 3.63) is 97.1 Å². The summed E-state index contributed by atoms with van der Waals surface area (Å²) in [5.74, 6) is 0.834. The number of ether oxygens (including phenoxy) is 4. The molecule has 1 aliphatic heterocycles. The summed E-state index contributed by atoms with van der Waals surface area (Å²) in [6.07, 6.45) is 0.421. The SMILES string of the molecule is CCOc1cc([C@@H]2NC(=O)NC(C)=C2C(=O)OC)ccc1OC[C@@H](O)N/N=C\c1cc(Br)c(OCc2ccc(C)cc2)c(Br)c1. The molecule has 0 aromatic heterocycles. The van der Waals surface area contributed by atoms with E-state index in [0.717, 1.165) is 20.1 Å². The Labute approximate surface area is 278 Å². The minimum Gasteiger partial charge on any atom is -0.490 e. The van der Waals surface area contributed by atoms with Crippen molar-refractivity contribution in [2.45, 2.75) is 39.6 Å². The van der Waals surface area contributed by atoms with Gasteiger partial charge < -0.3 is 34.7 Å². The minimum atomic E-state index is -1.14. The summed E-state index contributed by atoms with van der Waals surface area (Å²) in [5, 5.41) is 19.9. The average molecular weight is 746 g/mol. The van der Waals surface area contributed by atoms with Crippen molar-refractivity contribution in [1.29, 1.82) is 0 Å². The molecule has 0 fully saturated rings. The number of hydrazone groups is 1. The first-order chi connectivity index (χ1) is 21.6. The quantitative estimate of drug-likeness (QED) is 0.0766. The maximum absolute atomic E-state index is 12.4. The second-order valence-electron chi connectivity index (χ2n) is 10.0. The van der Waals surface area contributed by atoms with Crippen LogP contribution in [0.15, 0.2) is 79.9 Å². The molecule has 0 bridgehead atoms. The smallest absolute Gasteiger partial charge is 0.337 e. The highest BCUT2D eigenvalue weighted by molar-refractivity contribution is 9.11. The fourth-order valence-electron chi connectivity index (χ4n) is 4.45. The first-order valence-corrected chi connectivity index (χ1v) is 15.6. The normalized spacial score (nSPS) is 15.3. The van der Waals surface area contributed by atoms with Gasteiger partial charge in [-0.25, -0.2) is 9.59 Å². The maximum Gasteiger partial charge on any atom is 0.337 e. The molecule has 2 amide bonds. The number of rotatable bonds is 13. The Morgan fingerprint density at radius 2 is 1.76 bits per heavy atom. The number of methoxy groups -OCH3 is 1. The summed E-state index contributed by atoms with van der Waals surface area (Å²) in [4.78, 5) is 24.6. The molecule has 0 saturated carbocycles. The zero-order valence-electron chi connectivity index (χ0n) is 25.1. The summed E-state index contributed by atoms with van der Waals surface area (Å²) in [6.45, 7) is 6.10. The van der Waals surface area contributed by atoms with Gasteiger partial charge in [0.25, 0.3) is 0 Å². The number of allylic oxidation sites excluding steroid dienone is 1. The number of nitrogens with zero attached hydrogens (tertiary/aromatic N) is 1. The predicted octanol–water partition coefficient (Wildman–Crippen LogP) is 5.62. The summed E-state index contributed by atoms with van der Waals surface area (Å²) >= 11 is 7.11. The molecule has 0 radical (unpaired) electrons. The molecule has 1 aliphatic rings. The molecule has 0 spiro atoms. The number of aryl methyl sites for hydroxylation is 1. The van der Waals surface area contributed by atoms with Gasteiger partial charge in [-0.3, -0.25) is 5.43 Å². The number of urea groups is 1. The maximum atomic E-state index is 12.4. The van der Waals surface area contributed by atoms with Gasteiger partial charge in [0.2, 0.25) is 0 Å². The van der Waals surface area contributed by atoms with Gasteiger partial charge in [0, 0.05) is 5.70 Å². The van der Waals surface area contributed by atoms with Crippen LogP contribution in [0.25, 0.3) is 0 Å². The number of carbonyl (C=O) groups excluding carboxylic acids is 2. The predicted molar refractivity (Wildman–Crippen MR) is 176 cm³/mol. The van der Waals surface area contributed by atoms with Crippen LogP contribution in [0.5, 0.6) is 17.2 Å². The Kier molecular flexibility index (Phi) is 11.9. The Bertz CT molecular complexity index is 1570. The molecule has 4 N–H and O–H groups in total. The van der Waals surface area contributed by atoms with Crippen LogP contribution in [0.3, 0.4) is 0 Å². The molecule has 45 heavy (non-hydrogen) atoms. The number of carbonyl (C=O) groups is 2. The van der Waals surface area contributed by atoms with Crippen LogP contribution in [0, 0.1) is 6.92 Å². The largest absolute Gasteiger partial charge is 0.490 e. The Morgan fingerprint density at radius 3 is 2.42 bits per heavy atom. The number of nitrogens with one attached hydrogen (secondary N) is 3. The number of amides is 2. The van der Waals surface area contributed by atoms with Crippen LogP contribution in [0.2, 0.25) is 0 Å². The Balaban J connectivity index is 1.37. The molecular weight excluding hydrogens is 712 g/mol. The van der Waals surface area contributed by atoms with Gasteiger partial charge in [-0.2, -0.15) is 5.10 Å². The van der Waals surface area contributed by atoms with E-state index in [0.29, 0.717) is 41.7 Å². The Hall–Kier alpha value is -4.07. The van der Waals surface area contributed by atoms with E-state index < -0.39 is 24.3 Å². The van der Waals surface area contributed by atoms with Crippen molar-refractivity contribution < 1.29 is 33.6 Å². The fraction of sp³-hybridized carbons (Fsp3) is 0.281. The molecule has 0 saturated heterocycles. The van der Waals surface area contributed by atoms with E-state index in [4.69, 9.17) is 18.9 Å². The average Bonchev–Trinajstić information content (AvgIpc) is 3.00. The van der Waals surface area contributed by atoms with Crippen LogP contribution in [0.4, 0.5) is 4.79 Å². The fourth-order valence-corrected chi connectivity index (χ4v) is 5.90. The molecule has 238 valence electrons. The van der Waals surface area contributed by atoms with E-state index in [1.807, 2.05) is 50.2 Å². The van der Waals surface area contributed by atoms with Crippen molar-refractivity contribution in [3.63, 3.8) is 0 Å². The molecule has 2 atom stereocenters. The lowest BCUT2D eigenvalue weighted by molar-refractivity contribution is -0.136. The van der Waals surface area contributed by atoms with Gasteiger partial charge in [-0.15, -0.1) is 0 Å². The molecule has 0 aliphatic carbocycles. The zero-order valence-corrected chi connectivity index (χ0v) is 28.3. The van der Waals surface area contributed by atoms with Crippen molar-refractivity contribution in [3.8, 4) is 17.2 Å². The number of hydrogen-bond donors (Lipinski definition) is 4. The van der Waals surface area contributed by atoms with Crippen molar-refractivity contribution in [2.24, 2.45) is 5.10 Å². The van der Waals surface area contributed by atoms with Crippen LogP contribution in [0.1, 0.15) is 42.1 Å². The van der Waals surface area contributed by atoms with Gasteiger partial charge in [-0.05, 0) is 93.6 Å². The van der Waals surface area contributed by atoms with Gasteiger partial charge >= 0.3 is 12.0 Å². The lowest BCUT2D eigenvalue weighted by Gasteiger charge is -2.28. The van der Waals surface area contributed by atoms with Crippen LogP contribution < -0.4 is 30.3 Å². The summed E-state index contributed by atoms with van der Waals surface area (Å²) in [7, 11) is 1.28. The van der Waals surface area contributed by atoms with E-state index >= 15 is 0 Å². The van der Waals surface area contributed by atoms with E-state index in [-0.39, 0.29) is 12.2 Å². The van der Waals surface area contributed by atoms with E-state index in [1.54, 1.807) is 31.3 Å². The van der Waals surface area contributed by atoms with E-state index in [9.17, 15) is 14.7 Å². The second kappa shape index (κ2) is 15.8. The molecule has 0 unspecified atom stereocenters. The third-order valence-electron chi connectivity index (χ3n) is 6.63. The van der Waals surface area contributed by atoms with Crippen molar-refractivity contribution in [2.75, 3.05) is 20.3 Å². The first-order valence-electron chi connectivity index (χ1n) is 14.0. The van der Waals surface area contributed by atoms with Gasteiger partial charge in [0.1, 0.15) is 19.0 Å². The summed E-state index contributed by atoms with van der Waals surface area (Å²) in [5.41, 5.74) is 6.90. The van der Waals surface area contributed by atoms with Crippen molar-refractivity contribution >= 4 is 50.1 Å². The molecule has 3 aromatic carbocycles. The molecule has 13 heteroatoms. The summed E-state index contributed by atoms with van der Waals surface area (Å²) < 4.78 is 24.0. The number of benzene rings is 3. The van der Waals surface area contributed by atoms with Crippen LogP contribution in [-0.4, -0.2) is 49.9 Å². The molecule has 3 aromatic rings. The number of halogens is 2. The minimum absolute atomic E-state index is 0.146. The third-order valence-corrected chi connectivity index (χ3v) is 7.81. The number of esters is 1. The number of aliphatic hydroxyl groups is 1. The third kappa shape index (κ3) is 8.99. The second-order valence-corrected chi connectivity index (χ2v) is 11.7. The van der Waals surface area contributed by atoms with Crippen LogP contribution >= 0.6 is 31.9 Å². The van der Waals surface area contributed by atoms with Gasteiger partial charge in [-0.1, -0.05) is 35.9 Å². The zero-order chi connectivity index (χ0) is 32.5. The lowest BCUT2D eigenvalue weighted by atomic mass is 9.95. The van der Waals surface area contributed by atoms with E-state index in [1.165, 1.54) is 12.7 Å². The highest BCUT2D eigenvalue weighted by Gasteiger charge is 2.32. The standard InChI is InChI=1S/C32H34Br2N4O7/c1-5-43-26-14-22(29-28(31(40)42-4)19(3)36-32(41)37-29)10-11-25(26)44-17-27(39)38-35-15-21-12-23(33)30(24(34)13-21)45-16-20-8-6-18(2)7-9-20/h6-15,27,29,38-39H,5,16-17H2,1-4H3,(H2,36,37,41)/b35-15-/t27-,29+/m1/s1. The van der Waals surface area contributed by atoms with E-state index in [2.05, 4.69) is 53.0 Å². The van der Waals surface area contributed by atoms with Gasteiger partial charge in [0.15, 0.2) is 17.7 Å². The highest BCUT2D eigenvalue weighted by atomic mass is 79.9. The van der Waals surface area contributed by atoms with Crippen LogP contribution in [-0.2, 0) is 16.1 Å². The highest BCUT2D eigenvalue weighted by Crippen LogP contribution is 2.36.